The van der Waals surface area contributed by atoms with Gasteiger partial charge < -0.3 is 4.90 Å². The number of anilines is 1. The van der Waals surface area contributed by atoms with Crippen LogP contribution in [0.25, 0.3) is 0 Å². The van der Waals surface area contributed by atoms with Crippen molar-refractivity contribution in [1.29, 1.82) is 0 Å². The minimum absolute atomic E-state index is 0.631. The average molecular weight is 272 g/mol. The Morgan fingerprint density at radius 3 is 2.53 bits per heavy atom. The highest BCUT2D eigenvalue weighted by Crippen LogP contribution is 2.32. The first-order valence-electron chi connectivity index (χ1n) is 5.98. The van der Waals surface area contributed by atoms with Crippen molar-refractivity contribution in [2.75, 3.05) is 31.1 Å². The van der Waals surface area contributed by atoms with Crippen LogP contribution in [0.2, 0.25) is 10.0 Å². The maximum absolute atomic E-state index is 6.23. The second-order valence-electron chi connectivity index (χ2n) is 4.19. The summed E-state index contributed by atoms with van der Waals surface area (Å²) in [5, 5.41) is 1.30. The number of hydrogen-bond acceptors (Lipinski definition) is 2. The van der Waals surface area contributed by atoms with Gasteiger partial charge in [0.2, 0.25) is 0 Å². The molecule has 2 nitrogen and oxygen atoms in total. The van der Waals surface area contributed by atoms with E-state index in [2.05, 4.69) is 23.3 Å². The first kappa shape index (κ1) is 13.0. The van der Waals surface area contributed by atoms with Crippen molar-refractivity contribution in [1.82, 2.24) is 4.90 Å². The number of piperazine rings is 1. The van der Waals surface area contributed by atoms with Crippen molar-refractivity contribution >= 4 is 28.9 Å². The molecule has 4 heteroatoms. The molecule has 0 aliphatic carbocycles. The summed E-state index contributed by atoms with van der Waals surface area (Å²) in [4.78, 5) is 4.67. The number of nitrogens with zero attached hydrogens (tertiary/aromatic N) is 2. The number of benzene rings is 1. The lowest BCUT2D eigenvalue weighted by molar-refractivity contribution is 0.306. The van der Waals surface area contributed by atoms with Gasteiger partial charge in [0.1, 0.15) is 0 Å². The molecule has 1 aromatic carbocycles. The first-order valence-corrected chi connectivity index (χ1v) is 6.74. The molecular weight excluding hydrogens is 255 g/mol. The predicted octanol–water partition coefficient (Wildman–Crippen LogP) is 3.69. The Bertz CT molecular complexity index is 374. The molecule has 93 valence electrons. The summed E-state index contributed by atoms with van der Waals surface area (Å²) in [6, 6.07) is 5.82. The van der Waals surface area contributed by atoms with E-state index in [1.165, 1.54) is 0 Å². The first-order chi connectivity index (χ1) is 8.22. The van der Waals surface area contributed by atoms with Crippen LogP contribution < -0.4 is 4.90 Å². The average Bonchev–Trinajstić information content (AvgIpc) is 2.34. The lowest BCUT2D eigenvalue weighted by atomic mass is 10.2. The molecule has 0 saturated carbocycles. The summed E-state index contributed by atoms with van der Waals surface area (Å²) in [6.07, 6.45) is 1.10. The molecular formula is C13H17Cl2N2. The van der Waals surface area contributed by atoms with Crippen LogP contribution in [0.15, 0.2) is 18.2 Å². The molecule has 0 N–H and O–H groups in total. The van der Waals surface area contributed by atoms with Crippen molar-refractivity contribution in [3.8, 4) is 0 Å². The molecule has 1 aliphatic heterocycles. The highest BCUT2D eigenvalue weighted by atomic mass is 35.5. The van der Waals surface area contributed by atoms with Crippen molar-refractivity contribution in [3.05, 3.63) is 34.8 Å². The van der Waals surface area contributed by atoms with Crippen molar-refractivity contribution in [3.63, 3.8) is 0 Å². The zero-order chi connectivity index (χ0) is 12.3. The molecule has 1 heterocycles. The Kier molecular flexibility index (Phi) is 4.55. The molecule has 1 aromatic rings. The molecule has 0 amide bonds. The van der Waals surface area contributed by atoms with Gasteiger partial charge in [0.15, 0.2) is 0 Å². The normalized spacial score (nSPS) is 17.5. The molecule has 17 heavy (non-hydrogen) atoms. The smallest absolute Gasteiger partial charge is 0.0825 e. The van der Waals surface area contributed by atoms with Gasteiger partial charge in [-0.15, -0.1) is 0 Å². The van der Waals surface area contributed by atoms with E-state index in [1.807, 2.05) is 18.2 Å². The van der Waals surface area contributed by atoms with Crippen molar-refractivity contribution < 1.29 is 0 Å². The van der Waals surface area contributed by atoms with E-state index in [1.54, 1.807) is 0 Å². The standard InChI is InChI=1S/C13H17Cl2N2/c1-2-6-16-7-9-17(10-8-16)12-5-3-4-11(14)13(12)15/h3-6H,2,7-10H2,1H3. The van der Waals surface area contributed by atoms with E-state index in [0.29, 0.717) is 10.0 Å². The monoisotopic (exact) mass is 271 g/mol. The van der Waals surface area contributed by atoms with Crippen LogP contribution >= 0.6 is 23.2 Å². The van der Waals surface area contributed by atoms with Gasteiger partial charge in [0.25, 0.3) is 0 Å². The van der Waals surface area contributed by atoms with Gasteiger partial charge in [0.05, 0.1) is 15.7 Å². The minimum Gasteiger partial charge on any atom is -0.368 e. The maximum atomic E-state index is 6.23. The van der Waals surface area contributed by atoms with Gasteiger partial charge in [-0.25, -0.2) is 0 Å². The van der Waals surface area contributed by atoms with Crippen LogP contribution in [0.3, 0.4) is 0 Å². The number of hydrogen-bond donors (Lipinski definition) is 0. The third-order valence-corrected chi connectivity index (χ3v) is 3.84. The van der Waals surface area contributed by atoms with E-state index in [9.17, 15) is 0 Å². The Morgan fingerprint density at radius 1 is 1.18 bits per heavy atom. The molecule has 0 bridgehead atoms. The molecule has 0 unspecified atom stereocenters. The lowest BCUT2D eigenvalue weighted by Crippen LogP contribution is -2.45. The summed E-state index contributed by atoms with van der Waals surface area (Å²) in [5.74, 6) is 0. The Hall–Kier alpha value is -0.440. The van der Waals surface area contributed by atoms with Gasteiger partial charge in [0, 0.05) is 32.7 Å². The maximum Gasteiger partial charge on any atom is 0.0825 e. The molecule has 0 spiro atoms. The van der Waals surface area contributed by atoms with Gasteiger partial charge in [-0.05, 0) is 18.6 Å². The Labute approximate surface area is 113 Å². The van der Waals surface area contributed by atoms with E-state index in [0.717, 1.165) is 38.3 Å². The van der Waals surface area contributed by atoms with Gasteiger partial charge in [-0.1, -0.05) is 36.2 Å². The molecule has 0 atom stereocenters. The number of halogens is 2. The lowest BCUT2D eigenvalue weighted by Gasteiger charge is -2.36. The van der Waals surface area contributed by atoms with E-state index < -0.39 is 0 Å². The van der Waals surface area contributed by atoms with Crippen molar-refractivity contribution in [2.24, 2.45) is 0 Å². The SMILES string of the molecule is CC[CH]N1CCN(c2cccc(Cl)c2Cl)CC1. The molecule has 1 fully saturated rings. The molecule has 1 aliphatic rings. The zero-order valence-electron chi connectivity index (χ0n) is 10.00. The van der Waals surface area contributed by atoms with Crippen LogP contribution in [0.4, 0.5) is 5.69 Å². The zero-order valence-corrected chi connectivity index (χ0v) is 11.5. The summed E-state index contributed by atoms with van der Waals surface area (Å²) < 4.78 is 0. The Balaban J connectivity index is 2.03. The molecule has 1 radical (unpaired) electrons. The fraction of sp³-hybridized carbons (Fsp3) is 0.462. The molecule has 1 saturated heterocycles. The summed E-state index contributed by atoms with van der Waals surface area (Å²) >= 11 is 12.3. The fourth-order valence-electron chi connectivity index (χ4n) is 2.14. The quantitative estimate of drug-likeness (QED) is 0.828. The van der Waals surface area contributed by atoms with Crippen LogP contribution in [-0.4, -0.2) is 31.1 Å². The topological polar surface area (TPSA) is 6.48 Å². The van der Waals surface area contributed by atoms with Gasteiger partial charge in [-0.3, -0.25) is 4.90 Å². The van der Waals surface area contributed by atoms with Crippen LogP contribution in [0, 0.1) is 6.54 Å². The van der Waals surface area contributed by atoms with E-state index in [4.69, 9.17) is 23.2 Å². The van der Waals surface area contributed by atoms with Crippen LogP contribution in [-0.2, 0) is 0 Å². The highest BCUT2D eigenvalue weighted by molar-refractivity contribution is 6.43. The predicted molar refractivity (Wildman–Crippen MR) is 74.8 cm³/mol. The van der Waals surface area contributed by atoms with E-state index in [-0.39, 0.29) is 0 Å². The summed E-state index contributed by atoms with van der Waals surface area (Å²) in [6.45, 7) is 8.53. The largest absolute Gasteiger partial charge is 0.368 e. The third-order valence-electron chi connectivity index (χ3n) is 3.03. The second kappa shape index (κ2) is 5.94. The minimum atomic E-state index is 0.631. The molecule has 2 rings (SSSR count). The van der Waals surface area contributed by atoms with Crippen molar-refractivity contribution in [2.45, 2.75) is 13.3 Å². The van der Waals surface area contributed by atoms with Gasteiger partial charge >= 0.3 is 0 Å². The fourth-order valence-corrected chi connectivity index (χ4v) is 2.56. The van der Waals surface area contributed by atoms with E-state index >= 15 is 0 Å². The van der Waals surface area contributed by atoms with Crippen LogP contribution in [0.5, 0.6) is 0 Å². The summed E-state index contributed by atoms with van der Waals surface area (Å²) in [5.41, 5.74) is 1.05. The third kappa shape index (κ3) is 3.06. The summed E-state index contributed by atoms with van der Waals surface area (Å²) in [7, 11) is 0. The second-order valence-corrected chi connectivity index (χ2v) is 4.97. The highest BCUT2D eigenvalue weighted by Gasteiger charge is 2.19. The van der Waals surface area contributed by atoms with Crippen LogP contribution in [0.1, 0.15) is 13.3 Å². The Morgan fingerprint density at radius 2 is 1.88 bits per heavy atom. The molecule has 0 aromatic heterocycles. The number of rotatable bonds is 3. The van der Waals surface area contributed by atoms with Gasteiger partial charge in [-0.2, -0.15) is 0 Å².